The summed E-state index contributed by atoms with van der Waals surface area (Å²) in [4.78, 5) is 31.6. The second kappa shape index (κ2) is 12.0. The molecule has 9 heteroatoms. The Kier molecular flexibility index (Phi) is 8.28. The normalized spacial score (nSPS) is 19.3. The van der Waals surface area contributed by atoms with Crippen molar-refractivity contribution in [3.63, 3.8) is 0 Å². The van der Waals surface area contributed by atoms with Crippen LogP contribution in [0, 0.1) is 0 Å². The van der Waals surface area contributed by atoms with Gasteiger partial charge in [-0.05, 0) is 54.8 Å². The van der Waals surface area contributed by atoms with Crippen LogP contribution in [-0.4, -0.2) is 60.4 Å². The van der Waals surface area contributed by atoms with Crippen molar-refractivity contribution >= 4 is 23.3 Å². The fourth-order valence-electron chi connectivity index (χ4n) is 5.11. The minimum absolute atomic E-state index is 0.0190. The van der Waals surface area contributed by atoms with Crippen molar-refractivity contribution in [3.8, 4) is 11.5 Å². The Morgan fingerprint density at radius 3 is 2.61 bits per heavy atom. The molecule has 1 saturated carbocycles. The average molecular weight is 514 g/mol. The summed E-state index contributed by atoms with van der Waals surface area (Å²) in [6.07, 6.45) is 7.39. The molecule has 0 bridgehead atoms. The van der Waals surface area contributed by atoms with Crippen LogP contribution >= 0.6 is 11.3 Å². The standard InChI is InChI=1S/C27H35N3O5S/c31-26(18-30(16-22-8-4-12-33-22)27(32)28-21-6-2-1-3-7-21)29(17-23-9-5-13-36-23)15-20-10-11-24-25(14-20)35-19-34-24/h5,9-11,13-14,21-22H,1-4,6-8,12,15-19H2,(H,28,32)/t22-/m1/s1. The van der Waals surface area contributed by atoms with Crippen LogP contribution in [0.2, 0.25) is 0 Å². The summed E-state index contributed by atoms with van der Waals surface area (Å²) in [6, 6.07) is 9.81. The molecule has 0 spiro atoms. The van der Waals surface area contributed by atoms with Crippen LogP contribution < -0.4 is 14.8 Å². The van der Waals surface area contributed by atoms with E-state index in [0.717, 1.165) is 54.7 Å². The van der Waals surface area contributed by atoms with Gasteiger partial charge >= 0.3 is 6.03 Å². The Bertz CT molecular complexity index is 1020. The van der Waals surface area contributed by atoms with E-state index in [4.69, 9.17) is 14.2 Å². The Morgan fingerprint density at radius 2 is 1.83 bits per heavy atom. The predicted octanol–water partition coefficient (Wildman–Crippen LogP) is 4.53. The number of ether oxygens (including phenoxy) is 3. The molecule has 5 rings (SSSR count). The van der Waals surface area contributed by atoms with Gasteiger partial charge in [0.15, 0.2) is 11.5 Å². The molecule has 0 unspecified atom stereocenters. The summed E-state index contributed by atoms with van der Waals surface area (Å²) in [6.45, 7) is 2.29. The van der Waals surface area contributed by atoms with E-state index >= 15 is 0 Å². The van der Waals surface area contributed by atoms with Crippen LogP contribution in [0.4, 0.5) is 4.79 Å². The van der Waals surface area contributed by atoms with Crippen LogP contribution in [0.15, 0.2) is 35.7 Å². The molecule has 194 valence electrons. The van der Waals surface area contributed by atoms with Gasteiger partial charge in [-0.1, -0.05) is 31.4 Å². The van der Waals surface area contributed by atoms with E-state index in [9.17, 15) is 9.59 Å². The topological polar surface area (TPSA) is 80.3 Å². The Labute approximate surface area is 216 Å². The van der Waals surface area contributed by atoms with Crippen molar-refractivity contribution in [2.75, 3.05) is 26.5 Å². The number of hydrogen-bond donors (Lipinski definition) is 1. The highest BCUT2D eigenvalue weighted by molar-refractivity contribution is 7.09. The highest BCUT2D eigenvalue weighted by Gasteiger charge is 2.28. The summed E-state index contributed by atoms with van der Waals surface area (Å²) in [7, 11) is 0. The fourth-order valence-corrected chi connectivity index (χ4v) is 5.83. The fraction of sp³-hybridized carbons (Fsp3) is 0.556. The van der Waals surface area contributed by atoms with Crippen molar-refractivity contribution in [1.82, 2.24) is 15.1 Å². The molecule has 0 radical (unpaired) electrons. The monoisotopic (exact) mass is 513 g/mol. The van der Waals surface area contributed by atoms with Gasteiger partial charge < -0.3 is 29.3 Å². The van der Waals surface area contributed by atoms with Gasteiger partial charge in [0.2, 0.25) is 12.7 Å². The minimum atomic E-state index is -0.162. The third-order valence-corrected chi connectivity index (χ3v) is 7.95. The number of fused-ring (bicyclic) bond motifs is 1. The third kappa shape index (κ3) is 6.50. The first kappa shape index (κ1) is 24.9. The number of nitrogens with zero attached hydrogens (tertiary/aromatic N) is 2. The number of urea groups is 1. The number of nitrogens with one attached hydrogen (secondary N) is 1. The second-order valence-electron chi connectivity index (χ2n) is 9.82. The van der Waals surface area contributed by atoms with Gasteiger partial charge in [-0.25, -0.2) is 4.79 Å². The largest absolute Gasteiger partial charge is 0.454 e. The molecule has 3 aliphatic rings. The van der Waals surface area contributed by atoms with E-state index in [1.807, 2.05) is 40.6 Å². The lowest BCUT2D eigenvalue weighted by atomic mass is 9.96. The molecule has 3 heterocycles. The summed E-state index contributed by atoms with van der Waals surface area (Å²) in [5.74, 6) is 1.33. The van der Waals surface area contributed by atoms with Crippen LogP contribution in [0.1, 0.15) is 55.4 Å². The van der Waals surface area contributed by atoms with E-state index in [2.05, 4.69) is 5.32 Å². The average Bonchev–Trinajstić information content (AvgIpc) is 3.67. The lowest BCUT2D eigenvalue weighted by Crippen LogP contribution is -2.51. The summed E-state index contributed by atoms with van der Waals surface area (Å²) < 4.78 is 16.8. The Balaban J connectivity index is 1.30. The summed E-state index contributed by atoms with van der Waals surface area (Å²) in [5.41, 5.74) is 0.960. The molecule has 1 atom stereocenters. The van der Waals surface area contributed by atoms with Crippen LogP contribution in [0.3, 0.4) is 0 Å². The number of rotatable bonds is 9. The zero-order valence-corrected chi connectivity index (χ0v) is 21.5. The Morgan fingerprint density at radius 1 is 0.972 bits per heavy atom. The van der Waals surface area contributed by atoms with Crippen LogP contribution in [-0.2, 0) is 22.6 Å². The maximum atomic E-state index is 13.7. The maximum absolute atomic E-state index is 13.7. The maximum Gasteiger partial charge on any atom is 0.318 e. The van der Waals surface area contributed by atoms with E-state index in [0.29, 0.717) is 32.0 Å². The molecule has 36 heavy (non-hydrogen) atoms. The van der Waals surface area contributed by atoms with Gasteiger partial charge in [0.25, 0.3) is 0 Å². The molecule has 1 aromatic heterocycles. The molecule has 1 aromatic carbocycles. The van der Waals surface area contributed by atoms with E-state index in [1.54, 1.807) is 16.2 Å². The number of thiophene rings is 1. The first-order valence-electron chi connectivity index (χ1n) is 13.0. The zero-order chi connectivity index (χ0) is 24.7. The van der Waals surface area contributed by atoms with E-state index in [-0.39, 0.29) is 37.4 Å². The smallest absolute Gasteiger partial charge is 0.318 e. The summed E-state index contributed by atoms with van der Waals surface area (Å²) >= 11 is 1.62. The number of benzene rings is 1. The molecule has 2 fully saturated rings. The second-order valence-corrected chi connectivity index (χ2v) is 10.8. The van der Waals surface area contributed by atoms with Crippen molar-refractivity contribution in [2.45, 2.75) is 70.2 Å². The third-order valence-electron chi connectivity index (χ3n) is 7.08. The lowest BCUT2D eigenvalue weighted by molar-refractivity contribution is -0.133. The van der Waals surface area contributed by atoms with Crippen molar-refractivity contribution in [2.24, 2.45) is 0 Å². The highest BCUT2D eigenvalue weighted by Crippen LogP contribution is 2.33. The molecular weight excluding hydrogens is 478 g/mol. The van der Waals surface area contributed by atoms with Gasteiger partial charge in [-0.15, -0.1) is 11.3 Å². The predicted molar refractivity (Wildman–Crippen MR) is 137 cm³/mol. The molecular formula is C27H35N3O5S. The van der Waals surface area contributed by atoms with Crippen LogP contribution in [0.5, 0.6) is 11.5 Å². The van der Waals surface area contributed by atoms with Gasteiger partial charge in [0.05, 0.1) is 12.6 Å². The van der Waals surface area contributed by atoms with Gasteiger partial charge in [-0.2, -0.15) is 0 Å². The molecule has 2 aliphatic heterocycles. The SMILES string of the molecule is O=C(CN(C[C@H]1CCCO1)C(=O)NC1CCCCC1)N(Cc1ccc2c(c1)OCO2)Cc1cccs1. The number of carbonyl (C=O) groups is 2. The minimum Gasteiger partial charge on any atom is -0.454 e. The molecule has 2 aromatic rings. The molecule has 8 nitrogen and oxygen atoms in total. The number of hydrogen-bond acceptors (Lipinski definition) is 6. The first-order chi connectivity index (χ1) is 17.6. The lowest BCUT2D eigenvalue weighted by Gasteiger charge is -2.31. The number of amides is 3. The zero-order valence-electron chi connectivity index (χ0n) is 20.7. The van der Waals surface area contributed by atoms with Gasteiger partial charge in [0.1, 0.15) is 6.54 Å². The van der Waals surface area contributed by atoms with E-state index in [1.165, 1.54) is 6.42 Å². The van der Waals surface area contributed by atoms with Gasteiger partial charge in [-0.3, -0.25) is 4.79 Å². The van der Waals surface area contributed by atoms with Crippen molar-refractivity contribution in [3.05, 3.63) is 46.2 Å². The first-order valence-corrected chi connectivity index (χ1v) is 13.9. The van der Waals surface area contributed by atoms with Gasteiger partial charge in [0, 0.05) is 30.6 Å². The molecule has 1 N–H and O–H groups in total. The highest BCUT2D eigenvalue weighted by atomic mass is 32.1. The quantitative estimate of drug-likeness (QED) is 0.533. The Hall–Kier alpha value is -2.78. The van der Waals surface area contributed by atoms with E-state index < -0.39 is 0 Å². The number of carbonyl (C=O) groups excluding carboxylic acids is 2. The molecule has 1 saturated heterocycles. The van der Waals surface area contributed by atoms with Crippen LogP contribution in [0.25, 0.3) is 0 Å². The summed E-state index contributed by atoms with van der Waals surface area (Å²) in [5, 5.41) is 5.21. The molecule has 3 amide bonds. The van der Waals surface area contributed by atoms with Crippen molar-refractivity contribution < 1.29 is 23.8 Å². The van der Waals surface area contributed by atoms with Crippen molar-refractivity contribution in [1.29, 1.82) is 0 Å². The molecule has 1 aliphatic carbocycles.